The minimum Gasteiger partial charge on any atom is -0.462 e. The Kier molecular flexibility index (Phi) is 58.3. The summed E-state index contributed by atoms with van der Waals surface area (Å²) in [5.74, 6) is -1.38. The van der Waals surface area contributed by atoms with Gasteiger partial charge in [0.2, 0.25) is 0 Å². The van der Waals surface area contributed by atoms with Crippen LogP contribution in [0.4, 0.5) is 0 Å². The van der Waals surface area contributed by atoms with E-state index in [0.29, 0.717) is 25.7 Å². The highest BCUT2D eigenvalue weighted by molar-refractivity contribution is 7.47. The molecular formula is C66H128O17P2. The Labute approximate surface area is 517 Å². The highest BCUT2D eigenvalue weighted by atomic mass is 31.2. The number of phosphoric acid groups is 2. The summed E-state index contributed by atoms with van der Waals surface area (Å²) in [6, 6.07) is 0. The molecule has 504 valence electrons. The van der Waals surface area contributed by atoms with Crippen LogP contribution in [0.25, 0.3) is 0 Å². The van der Waals surface area contributed by atoms with Crippen molar-refractivity contribution in [2.24, 2.45) is 5.92 Å². The van der Waals surface area contributed by atoms with Crippen LogP contribution in [0.1, 0.15) is 336 Å². The van der Waals surface area contributed by atoms with Gasteiger partial charge < -0.3 is 33.8 Å². The molecule has 0 spiro atoms. The molecule has 0 rings (SSSR count). The molecule has 3 N–H and O–H groups in total. The van der Waals surface area contributed by atoms with E-state index in [1.54, 1.807) is 0 Å². The number of esters is 4. The quantitative estimate of drug-likeness (QED) is 0.0222. The SMILES string of the molecule is CCCCCCCCCCCCCCCCCCCCC(=O)O[C@H](COC(=O)CCCCCCCCCCCCC(C)C)COP(=O)(O)OC[C@@H](O)COP(=O)(O)OC[C@@H](COC(=O)CCCCCCCCC)OC(=O)CCCCCCCCC. The molecule has 0 radical (unpaired) electrons. The number of ether oxygens (including phenoxy) is 4. The van der Waals surface area contributed by atoms with Gasteiger partial charge in [0, 0.05) is 25.7 Å². The average Bonchev–Trinajstić information content (AvgIpc) is 3.60. The molecule has 0 aliphatic heterocycles. The van der Waals surface area contributed by atoms with Crippen LogP contribution in [0.15, 0.2) is 0 Å². The summed E-state index contributed by atoms with van der Waals surface area (Å²) in [5.41, 5.74) is 0. The fourth-order valence-electron chi connectivity index (χ4n) is 9.94. The fourth-order valence-corrected chi connectivity index (χ4v) is 11.5. The molecular weight excluding hydrogens is 1130 g/mol. The second-order valence-electron chi connectivity index (χ2n) is 24.3. The Bertz CT molecular complexity index is 1650. The van der Waals surface area contributed by atoms with E-state index >= 15 is 0 Å². The molecule has 0 aromatic carbocycles. The van der Waals surface area contributed by atoms with Crippen molar-refractivity contribution in [3.05, 3.63) is 0 Å². The monoisotopic (exact) mass is 1250 g/mol. The number of phosphoric ester groups is 2. The molecule has 0 saturated carbocycles. The maximum atomic E-state index is 13.0. The molecule has 0 heterocycles. The van der Waals surface area contributed by atoms with E-state index in [2.05, 4.69) is 34.6 Å². The van der Waals surface area contributed by atoms with Gasteiger partial charge in [0.1, 0.15) is 19.3 Å². The van der Waals surface area contributed by atoms with E-state index in [9.17, 15) is 43.2 Å². The van der Waals surface area contributed by atoms with E-state index in [4.69, 9.17) is 37.0 Å². The molecule has 85 heavy (non-hydrogen) atoms. The van der Waals surface area contributed by atoms with Gasteiger partial charge in [0.15, 0.2) is 12.2 Å². The number of rotatable bonds is 66. The molecule has 0 fully saturated rings. The Morgan fingerprint density at radius 1 is 0.318 bits per heavy atom. The largest absolute Gasteiger partial charge is 0.472 e. The van der Waals surface area contributed by atoms with Crippen LogP contribution < -0.4 is 0 Å². The predicted octanol–water partition coefficient (Wildman–Crippen LogP) is 18.6. The lowest BCUT2D eigenvalue weighted by Crippen LogP contribution is -2.30. The molecule has 0 aromatic heterocycles. The summed E-state index contributed by atoms with van der Waals surface area (Å²) >= 11 is 0. The lowest BCUT2D eigenvalue weighted by Gasteiger charge is -2.21. The number of aliphatic hydroxyl groups is 1. The first kappa shape index (κ1) is 83.1. The molecule has 5 atom stereocenters. The molecule has 2 unspecified atom stereocenters. The van der Waals surface area contributed by atoms with Crippen molar-refractivity contribution in [3.8, 4) is 0 Å². The summed E-state index contributed by atoms with van der Waals surface area (Å²) in [5, 5.41) is 10.5. The van der Waals surface area contributed by atoms with Crippen LogP contribution in [0.5, 0.6) is 0 Å². The number of hydrogen-bond donors (Lipinski definition) is 3. The minimum atomic E-state index is -4.95. The van der Waals surface area contributed by atoms with Crippen molar-refractivity contribution in [1.82, 2.24) is 0 Å². The zero-order chi connectivity index (χ0) is 62.8. The van der Waals surface area contributed by atoms with Crippen molar-refractivity contribution < 1.29 is 80.2 Å². The van der Waals surface area contributed by atoms with Crippen molar-refractivity contribution in [1.29, 1.82) is 0 Å². The molecule has 0 amide bonds. The first-order chi connectivity index (χ1) is 41.0. The molecule has 17 nitrogen and oxygen atoms in total. The van der Waals surface area contributed by atoms with Gasteiger partial charge in [-0.25, -0.2) is 9.13 Å². The summed E-state index contributed by atoms with van der Waals surface area (Å²) in [6.45, 7) is 7.12. The van der Waals surface area contributed by atoms with Gasteiger partial charge in [-0.2, -0.15) is 0 Å². The van der Waals surface area contributed by atoms with Gasteiger partial charge >= 0.3 is 39.5 Å². The van der Waals surface area contributed by atoms with Crippen molar-refractivity contribution in [2.75, 3.05) is 39.6 Å². The Balaban J connectivity index is 5.15. The highest BCUT2D eigenvalue weighted by Crippen LogP contribution is 2.45. The normalized spacial score (nSPS) is 14.2. The predicted molar refractivity (Wildman–Crippen MR) is 340 cm³/mol. The molecule has 19 heteroatoms. The Hall–Kier alpha value is -1.94. The molecule has 0 aromatic rings. The van der Waals surface area contributed by atoms with Gasteiger partial charge in [0.05, 0.1) is 26.4 Å². The van der Waals surface area contributed by atoms with E-state index in [1.807, 2.05) is 0 Å². The highest BCUT2D eigenvalue weighted by Gasteiger charge is 2.30. The third-order valence-corrected chi connectivity index (χ3v) is 17.2. The van der Waals surface area contributed by atoms with Gasteiger partial charge in [0.25, 0.3) is 0 Å². The lowest BCUT2D eigenvalue weighted by atomic mass is 10.0. The molecule has 0 aliphatic rings. The van der Waals surface area contributed by atoms with Gasteiger partial charge in [-0.15, -0.1) is 0 Å². The van der Waals surface area contributed by atoms with Crippen LogP contribution in [0.3, 0.4) is 0 Å². The summed E-state index contributed by atoms with van der Waals surface area (Å²) in [7, 11) is -9.88. The van der Waals surface area contributed by atoms with Crippen LogP contribution in [-0.2, 0) is 65.4 Å². The first-order valence-electron chi connectivity index (χ1n) is 34.6. The number of aliphatic hydroxyl groups excluding tert-OH is 1. The smallest absolute Gasteiger partial charge is 0.462 e. The standard InChI is InChI=1S/C66H128O17P2/c1-6-9-12-15-18-19-20-21-22-23-24-25-26-27-32-37-42-47-52-66(71)83-62(56-77-64(69)50-45-40-36-31-29-28-30-35-38-43-48-59(4)5)58-81-85(74,75)79-54-60(67)53-78-84(72,73)80-57-61(82-65(70)51-46-41-34-17-14-11-8-3)55-76-63(68)49-44-39-33-16-13-10-7-2/h59-62,67H,6-58H2,1-5H3,(H,72,73)(H,74,75)/t60-,61+,62+/m0/s1. The number of carbonyl (C=O) groups excluding carboxylic acids is 4. The topological polar surface area (TPSA) is 237 Å². The minimum absolute atomic E-state index is 0.103. The van der Waals surface area contributed by atoms with E-state index in [1.165, 1.54) is 135 Å². The van der Waals surface area contributed by atoms with Crippen molar-refractivity contribution in [2.45, 2.75) is 355 Å². The van der Waals surface area contributed by atoms with E-state index in [0.717, 1.165) is 121 Å². The zero-order valence-electron chi connectivity index (χ0n) is 54.7. The number of unbranched alkanes of at least 4 members (excludes halogenated alkanes) is 38. The summed E-state index contributed by atoms with van der Waals surface area (Å²) < 4.78 is 67.9. The van der Waals surface area contributed by atoms with Crippen LogP contribution >= 0.6 is 15.6 Å². The average molecular weight is 1260 g/mol. The maximum absolute atomic E-state index is 13.0. The number of carbonyl (C=O) groups is 4. The van der Waals surface area contributed by atoms with Crippen molar-refractivity contribution in [3.63, 3.8) is 0 Å². The fraction of sp³-hybridized carbons (Fsp3) is 0.939. The second kappa shape index (κ2) is 59.7. The Morgan fingerprint density at radius 2 is 0.541 bits per heavy atom. The van der Waals surface area contributed by atoms with Gasteiger partial charge in [-0.1, -0.05) is 285 Å². The van der Waals surface area contributed by atoms with Gasteiger partial charge in [-0.3, -0.25) is 37.3 Å². The molecule has 0 aliphatic carbocycles. The van der Waals surface area contributed by atoms with Crippen LogP contribution in [0.2, 0.25) is 0 Å². The molecule has 0 saturated heterocycles. The molecule has 0 bridgehead atoms. The lowest BCUT2D eigenvalue weighted by molar-refractivity contribution is -0.161. The summed E-state index contributed by atoms with van der Waals surface area (Å²) in [6.07, 6.45) is 44.8. The second-order valence-corrected chi connectivity index (χ2v) is 27.2. The zero-order valence-corrected chi connectivity index (χ0v) is 56.5. The van der Waals surface area contributed by atoms with Crippen molar-refractivity contribution >= 4 is 39.5 Å². The summed E-state index contributed by atoms with van der Waals surface area (Å²) in [4.78, 5) is 72.1. The maximum Gasteiger partial charge on any atom is 0.472 e. The van der Waals surface area contributed by atoms with Crippen LogP contribution in [-0.4, -0.2) is 96.7 Å². The third kappa shape index (κ3) is 60.7. The van der Waals surface area contributed by atoms with E-state index in [-0.39, 0.29) is 25.7 Å². The Morgan fingerprint density at radius 3 is 0.800 bits per heavy atom. The third-order valence-electron chi connectivity index (χ3n) is 15.3. The van der Waals surface area contributed by atoms with Crippen LogP contribution in [0, 0.1) is 5.92 Å². The number of hydrogen-bond acceptors (Lipinski definition) is 15. The van der Waals surface area contributed by atoms with Gasteiger partial charge in [-0.05, 0) is 31.6 Å². The van der Waals surface area contributed by atoms with E-state index < -0.39 is 97.5 Å². The first-order valence-corrected chi connectivity index (χ1v) is 37.6.